The molecule has 2 aromatic carbocycles. The number of hydrogen-bond acceptors (Lipinski definition) is 9. The number of benzene rings is 2. The predicted molar refractivity (Wildman–Crippen MR) is 216 cm³/mol. The Bertz CT molecular complexity index is 2490. The van der Waals surface area contributed by atoms with Gasteiger partial charge in [-0.15, -0.1) is 0 Å². The maximum Gasteiger partial charge on any atom is 0.269 e. The quantitative estimate of drug-likeness (QED) is 0.120. The number of imide groups is 1. The molecule has 0 atom stereocenters. The Balaban J connectivity index is 0.000000592. The molecule has 59 heavy (non-hydrogen) atoms. The zero-order chi connectivity index (χ0) is 41.5. The lowest BCUT2D eigenvalue weighted by Gasteiger charge is -2.30. The van der Waals surface area contributed by atoms with Gasteiger partial charge >= 0.3 is 0 Å². The molecule has 3 aromatic heterocycles. The number of piperidine rings is 1. The first kappa shape index (κ1) is 40.4. The summed E-state index contributed by atoms with van der Waals surface area (Å²) in [6, 6.07) is 15.8. The summed E-state index contributed by atoms with van der Waals surface area (Å²) in [6.45, 7) is 5.17. The molecule has 2 saturated heterocycles. The first-order valence-corrected chi connectivity index (χ1v) is 19.5. The van der Waals surface area contributed by atoms with Crippen molar-refractivity contribution in [2.45, 2.75) is 64.5 Å². The second-order valence-corrected chi connectivity index (χ2v) is 14.4. The maximum absolute atomic E-state index is 14.3. The van der Waals surface area contributed by atoms with Crippen LogP contribution in [0, 0.1) is 17.7 Å². The number of ether oxygens (including phenoxy) is 1. The average Bonchev–Trinajstić information content (AvgIpc) is 3.63. The van der Waals surface area contributed by atoms with E-state index < -0.39 is 11.7 Å². The van der Waals surface area contributed by atoms with Crippen LogP contribution >= 0.6 is 0 Å². The van der Waals surface area contributed by atoms with E-state index in [2.05, 4.69) is 38.1 Å². The van der Waals surface area contributed by atoms with E-state index in [9.17, 15) is 28.4 Å². The molecule has 0 radical (unpaired) electrons. The fraction of sp³-hybridized carbons (Fsp3) is 0.318. The van der Waals surface area contributed by atoms with Crippen molar-refractivity contribution >= 4 is 40.3 Å². The van der Waals surface area contributed by atoms with Gasteiger partial charge in [0.05, 0.1) is 34.8 Å². The molecule has 14 nitrogen and oxygen atoms in total. The van der Waals surface area contributed by atoms with Crippen LogP contribution in [0.1, 0.15) is 89.3 Å². The number of fused-ring (bicyclic) bond motifs is 2. The lowest BCUT2D eigenvalue weighted by atomic mass is 9.99. The molecule has 3 aliphatic rings. The molecular formula is C44H43FN8O6. The second kappa shape index (κ2) is 18.2. The third kappa shape index (κ3) is 9.34. The molecule has 2 fully saturated rings. The Labute approximate surface area is 339 Å². The Morgan fingerprint density at radius 2 is 1.78 bits per heavy atom. The van der Waals surface area contributed by atoms with Crippen molar-refractivity contribution < 1.29 is 33.1 Å². The molecule has 0 unspecified atom stereocenters. The zero-order valence-corrected chi connectivity index (χ0v) is 32.6. The first-order valence-electron chi connectivity index (χ1n) is 19.5. The van der Waals surface area contributed by atoms with Gasteiger partial charge in [0.1, 0.15) is 11.5 Å². The summed E-state index contributed by atoms with van der Waals surface area (Å²) in [5.74, 6) is 4.65. The van der Waals surface area contributed by atoms with E-state index >= 15 is 0 Å². The monoisotopic (exact) mass is 798 g/mol. The van der Waals surface area contributed by atoms with Gasteiger partial charge in [0.2, 0.25) is 17.7 Å². The van der Waals surface area contributed by atoms with E-state index in [1.807, 2.05) is 29.3 Å². The molecule has 5 aromatic rings. The Morgan fingerprint density at radius 3 is 2.47 bits per heavy atom. The predicted octanol–water partition coefficient (Wildman–Crippen LogP) is 4.64. The van der Waals surface area contributed by atoms with Gasteiger partial charge in [0.25, 0.3) is 11.8 Å². The summed E-state index contributed by atoms with van der Waals surface area (Å²) >= 11 is 0. The van der Waals surface area contributed by atoms with Gasteiger partial charge in [-0.1, -0.05) is 36.1 Å². The number of nitrogens with zero attached hydrogens (tertiary/aromatic N) is 5. The number of aromatic nitrogens is 4. The van der Waals surface area contributed by atoms with Crippen LogP contribution in [0.25, 0.3) is 33.3 Å². The number of rotatable bonds is 7. The molecule has 8 rings (SSSR count). The van der Waals surface area contributed by atoms with Crippen molar-refractivity contribution in [2.24, 2.45) is 5.73 Å². The van der Waals surface area contributed by atoms with E-state index in [0.717, 1.165) is 65.2 Å². The fourth-order valence-electron chi connectivity index (χ4n) is 7.36. The molecule has 0 bridgehead atoms. The largest absolute Gasteiger partial charge is 0.381 e. The molecule has 15 heteroatoms. The van der Waals surface area contributed by atoms with Gasteiger partial charge in [0.15, 0.2) is 5.82 Å². The Kier molecular flexibility index (Phi) is 12.5. The van der Waals surface area contributed by atoms with Crippen molar-refractivity contribution in [3.8, 4) is 34.4 Å². The topological polar surface area (TPSA) is 191 Å². The summed E-state index contributed by atoms with van der Waals surface area (Å²) in [5, 5.41) is 6.90. The van der Waals surface area contributed by atoms with Crippen LogP contribution < -0.4 is 16.4 Å². The van der Waals surface area contributed by atoms with E-state index in [-0.39, 0.29) is 53.4 Å². The molecule has 4 N–H and O–H groups in total. The zero-order valence-electron chi connectivity index (χ0n) is 32.6. The molecule has 6 heterocycles. The summed E-state index contributed by atoms with van der Waals surface area (Å²) in [5.41, 5.74) is 9.63. The molecule has 5 amide bonds. The van der Waals surface area contributed by atoms with Crippen molar-refractivity contribution in [1.29, 1.82) is 0 Å². The number of amides is 5. The van der Waals surface area contributed by atoms with Gasteiger partial charge < -0.3 is 25.3 Å². The minimum atomic E-state index is -0.861. The Hall–Kier alpha value is -6.79. The van der Waals surface area contributed by atoms with Gasteiger partial charge in [-0.25, -0.2) is 9.37 Å². The SMILES string of the molecule is CC(=O)N1CCn2c(C3CCOCC3)nc(-c3cccc4cc(-c5ccc(C(=O)NCCC#Cc6cccc(C(N)=O)c6F)nc5)ncc34)c2C1.O=C1CCCC(=O)N1. The minimum absolute atomic E-state index is 0.0516. The maximum atomic E-state index is 14.3. The van der Waals surface area contributed by atoms with Crippen molar-refractivity contribution in [1.82, 2.24) is 35.1 Å². The average molecular weight is 799 g/mol. The lowest BCUT2D eigenvalue weighted by Crippen LogP contribution is -2.37. The van der Waals surface area contributed by atoms with Crippen LogP contribution in [-0.2, 0) is 32.2 Å². The molecule has 302 valence electrons. The van der Waals surface area contributed by atoms with Crippen LogP contribution in [0.15, 0.2) is 67.0 Å². The third-order valence-corrected chi connectivity index (χ3v) is 10.5. The standard InChI is InChI=1S/C39H36FN7O4.C5H7NO2/c1-24(48)46-16-17-47-34(23-46)36(45-38(47)26-13-18-51-19-14-26)29-9-5-8-27-20-33(44-22-31(27)29)28-11-12-32(43-21-28)39(50)42-15-3-2-6-25-7-4-10-30(35(25)40)37(41)49;7-4-2-1-3-5(8)6-4/h4-5,7-12,20-22,26H,3,13-19,23H2,1H3,(H2,41,49)(H,42,50);1-3H2,(H,6,7,8). The van der Waals surface area contributed by atoms with Crippen LogP contribution in [0.2, 0.25) is 0 Å². The van der Waals surface area contributed by atoms with E-state index in [0.29, 0.717) is 50.5 Å². The van der Waals surface area contributed by atoms with Gasteiger partial charge in [-0.05, 0) is 55.0 Å². The molecule has 0 saturated carbocycles. The summed E-state index contributed by atoms with van der Waals surface area (Å²) in [6.07, 6.45) is 7.30. The number of primary amides is 1. The summed E-state index contributed by atoms with van der Waals surface area (Å²) in [4.78, 5) is 73.4. The highest BCUT2D eigenvalue weighted by atomic mass is 19.1. The normalized spacial score (nSPS) is 15.3. The molecule has 3 aliphatic heterocycles. The summed E-state index contributed by atoms with van der Waals surface area (Å²) < 4.78 is 22.3. The van der Waals surface area contributed by atoms with Crippen LogP contribution in [-0.4, -0.2) is 80.3 Å². The number of imidazole rings is 1. The first-order chi connectivity index (χ1) is 28.6. The Morgan fingerprint density at radius 1 is 1.00 bits per heavy atom. The number of nitrogens with two attached hydrogens (primary N) is 1. The highest BCUT2D eigenvalue weighted by Crippen LogP contribution is 2.37. The van der Waals surface area contributed by atoms with E-state index in [1.54, 1.807) is 25.3 Å². The van der Waals surface area contributed by atoms with Crippen molar-refractivity contribution in [3.63, 3.8) is 0 Å². The number of pyridine rings is 2. The summed E-state index contributed by atoms with van der Waals surface area (Å²) in [7, 11) is 0. The second-order valence-electron chi connectivity index (χ2n) is 14.4. The third-order valence-electron chi connectivity index (χ3n) is 10.5. The van der Waals surface area contributed by atoms with Crippen LogP contribution in [0.3, 0.4) is 0 Å². The van der Waals surface area contributed by atoms with E-state index in [4.69, 9.17) is 20.4 Å². The number of carbonyl (C=O) groups is 5. The molecular weight excluding hydrogens is 756 g/mol. The number of halogens is 1. The van der Waals surface area contributed by atoms with Crippen molar-refractivity contribution in [3.05, 3.63) is 101 Å². The van der Waals surface area contributed by atoms with Gasteiger partial charge in [-0.3, -0.25) is 39.3 Å². The smallest absolute Gasteiger partial charge is 0.269 e. The number of hydrogen-bond donors (Lipinski definition) is 3. The molecule has 0 spiro atoms. The number of nitrogens with one attached hydrogen (secondary N) is 2. The molecule has 0 aliphatic carbocycles. The van der Waals surface area contributed by atoms with Gasteiger partial charge in [0, 0.05) is 93.9 Å². The van der Waals surface area contributed by atoms with Crippen LogP contribution in [0.5, 0.6) is 0 Å². The minimum Gasteiger partial charge on any atom is -0.381 e. The highest BCUT2D eigenvalue weighted by molar-refractivity contribution is 5.98. The van der Waals surface area contributed by atoms with Crippen LogP contribution in [0.4, 0.5) is 4.39 Å². The number of carbonyl (C=O) groups excluding carboxylic acids is 5. The fourth-order valence-corrected chi connectivity index (χ4v) is 7.36. The van der Waals surface area contributed by atoms with Gasteiger partial charge in [-0.2, -0.15) is 0 Å². The van der Waals surface area contributed by atoms with E-state index in [1.165, 1.54) is 18.2 Å². The lowest BCUT2D eigenvalue weighted by molar-refractivity contribution is -0.133. The highest BCUT2D eigenvalue weighted by Gasteiger charge is 2.31. The van der Waals surface area contributed by atoms with Crippen molar-refractivity contribution in [2.75, 3.05) is 26.3 Å².